The van der Waals surface area contributed by atoms with Crippen molar-refractivity contribution < 1.29 is 23.7 Å². The van der Waals surface area contributed by atoms with E-state index in [0.29, 0.717) is 23.4 Å². The fourth-order valence-electron chi connectivity index (χ4n) is 2.46. The van der Waals surface area contributed by atoms with E-state index >= 15 is 0 Å². The average molecular weight is 320 g/mol. The Kier molecular flexibility index (Phi) is 4.35. The van der Waals surface area contributed by atoms with Crippen LogP contribution in [0.4, 0.5) is 0 Å². The first-order chi connectivity index (χ1) is 9.24. The number of phosphoric acid groups is 1. The minimum Gasteiger partial charge on any atom is -0.315 e. The highest BCUT2D eigenvalue weighted by Gasteiger charge is 2.46. The van der Waals surface area contributed by atoms with Gasteiger partial charge < -0.3 is 15.5 Å². The summed E-state index contributed by atoms with van der Waals surface area (Å²) in [5, 5.41) is 0.347. The number of Topliss-reactive ketones (excluding diaryl/α,β-unsaturated/α-hetero) is 1. The summed E-state index contributed by atoms with van der Waals surface area (Å²) < 4.78 is 15.5. The van der Waals surface area contributed by atoms with Crippen LogP contribution >= 0.6 is 19.4 Å². The Hall–Kier alpha value is -0.750. The monoisotopic (exact) mass is 319 g/mol. The van der Waals surface area contributed by atoms with Crippen LogP contribution in [-0.4, -0.2) is 21.7 Å². The molecule has 0 saturated heterocycles. The van der Waals surface area contributed by atoms with Crippen LogP contribution in [0.1, 0.15) is 24.8 Å². The molecule has 4 N–H and O–H groups in total. The molecule has 6 nitrogen and oxygen atoms in total. The molecule has 0 spiro atoms. The molecule has 0 radical (unpaired) electrons. The molecule has 0 aliphatic heterocycles. The maximum Gasteiger partial charge on any atom is 0.470 e. The molecule has 1 fully saturated rings. The highest BCUT2D eigenvalue weighted by atomic mass is 35.5. The van der Waals surface area contributed by atoms with Gasteiger partial charge in [0, 0.05) is 5.02 Å². The van der Waals surface area contributed by atoms with Gasteiger partial charge >= 0.3 is 7.82 Å². The van der Waals surface area contributed by atoms with E-state index in [0.717, 1.165) is 0 Å². The Morgan fingerprint density at radius 3 is 2.65 bits per heavy atom. The number of carbonyl (C=O) groups excluding carboxylic acids is 1. The Bertz CT molecular complexity index is 575. The van der Waals surface area contributed by atoms with Crippen molar-refractivity contribution in [2.24, 2.45) is 5.73 Å². The molecule has 8 heteroatoms. The van der Waals surface area contributed by atoms with Crippen LogP contribution in [0.15, 0.2) is 24.3 Å². The van der Waals surface area contributed by atoms with Gasteiger partial charge in [0.1, 0.15) is 11.6 Å². The molecule has 1 aromatic carbocycles. The van der Waals surface area contributed by atoms with E-state index in [9.17, 15) is 9.36 Å². The minimum atomic E-state index is -4.74. The maximum absolute atomic E-state index is 12.4. The SMILES string of the molecule is N[C@@]1(c2ccccc2Cl)CCC[C@H](OP(=O)(O)O)C1=O. The van der Waals surface area contributed by atoms with E-state index < -0.39 is 25.2 Å². The maximum atomic E-state index is 12.4. The summed E-state index contributed by atoms with van der Waals surface area (Å²) in [6.07, 6.45) is -0.118. The largest absolute Gasteiger partial charge is 0.470 e. The van der Waals surface area contributed by atoms with Crippen molar-refractivity contribution in [2.45, 2.75) is 30.9 Å². The summed E-state index contributed by atoms with van der Waals surface area (Å²) in [5.74, 6) is -0.555. The number of rotatable bonds is 3. The molecule has 20 heavy (non-hydrogen) atoms. The second-order valence-corrected chi connectivity index (χ2v) is 6.39. The Morgan fingerprint density at radius 1 is 1.40 bits per heavy atom. The molecule has 0 aromatic heterocycles. The second-order valence-electron chi connectivity index (χ2n) is 4.79. The third kappa shape index (κ3) is 3.11. The van der Waals surface area contributed by atoms with Gasteiger partial charge in [-0.3, -0.25) is 9.32 Å². The van der Waals surface area contributed by atoms with Crippen molar-refractivity contribution in [3.8, 4) is 0 Å². The number of halogens is 1. The fourth-order valence-corrected chi connectivity index (χ4v) is 3.30. The second kappa shape index (κ2) is 5.56. The molecule has 0 amide bonds. The number of nitrogens with two attached hydrogens (primary N) is 1. The van der Waals surface area contributed by atoms with Crippen LogP contribution < -0.4 is 5.73 Å². The number of benzene rings is 1. The van der Waals surface area contributed by atoms with Crippen LogP contribution in [0.25, 0.3) is 0 Å². The molecule has 0 bridgehead atoms. The average Bonchev–Trinajstić information content (AvgIpc) is 2.34. The van der Waals surface area contributed by atoms with E-state index in [1.54, 1.807) is 24.3 Å². The summed E-state index contributed by atoms with van der Waals surface area (Å²) in [7, 11) is -4.74. The van der Waals surface area contributed by atoms with Gasteiger partial charge in [0.05, 0.1) is 0 Å². The molecule has 1 aliphatic rings. The van der Waals surface area contributed by atoms with Crippen molar-refractivity contribution in [1.82, 2.24) is 0 Å². The Labute approximate surface area is 121 Å². The lowest BCUT2D eigenvalue weighted by Gasteiger charge is -2.36. The lowest BCUT2D eigenvalue weighted by atomic mass is 9.75. The van der Waals surface area contributed by atoms with Gasteiger partial charge in [0.15, 0.2) is 5.78 Å². The predicted octanol–water partition coefficient (Wildman–Crippen LogP) is 1.72. The van der Waals surface area contributed by atoms with Crippen LogP contribution in [0.5, 0.6) is 0 Å². The zero-order chi connectivity index (χ0) is 15.0. The first kappa shape index (κ1) is 15.6. The Balaban J connectivity index is 2.34. The first-order valence-electron chi connectivity index (χ1n) is 6.06. The molecule has 110 valence electrons. The van der Waals surface area contributed by atoms with E-state index in [1.165, 1.54) is 0 Å². The van der Waals surface area contributed by atoms with Crippen molar-refractivity contribution in [3.05, 3.63) is 34.9 Å². The summed E-state index contributed by atoms with van der Waals surface area (Å²) >= 11 is 6.07. The van der Waals surface area contributed by atoms with E-state index in [4.69, 9.17) is 27.1 Å². The summed E-state index contributed by atoms with van der Waals surface area (Å²) in [4.78, 5) is 30.1. The molecular weight excluding hydrogens is 305 g/mol. The zero-order valence-corrected chi connectivity index (χ0v) is 12.2. The van der Waals surface area contributed by atoms with E-state index in [1.807, 2.05) is 0 Å². The number of ketones is 1. The van der Waals surface area contributed by atoms with Gasteiger partial charge in [-0.15, -0.1) is 0 Å². The van der Waals surface area contributed by atoms with Crippen molar-refractivity contribution in [2.75, 3.05) is 0 Å². The van der Waals surface area contributed by atoms with Gasteiger partial charge in [0.2, 0.25) is 0 Å². The Morgan fingerprint density at radius 2 is 2.05 bits per heavy atom. The quantitative estimate of drug-likeness (QED) is 0.732. The molecule has 2 rings (SSSR count). The third-order valence-electron chi connectivity index (χ3n) is 3.39. The lowest BCUT2D eigenvalue weighted by molar-refractivity contribution is -0.135. The number of hydrogen-bond acceptors (Lipinski definition) is 4. The van der Waals surface area contributed by atoms with Crippen molar-refractivity contribution in [3.63, 3.8) is 0 Å². The smallest absolute Gasteiger partial charge is 0.315 e. The molecular formula is C12H15ClNO5P. The molecule has 1 aromatic rings. The van der Waals surface area contributed by atoms with Gasteiger partial charge in [-0.2, -0.15) is 0 Å². The standard InChI is InChI=1S/C12H15ClNO5P/c13-9-5-2-1-4-8(9)12(14)7-3-6-10(11(12)15)19-20(16,17)18/h1-2,4-5,10H,3,6-7,14H2,(H2,16,17,18)/t10-,12+/m0/s1. The molecule has 1 saturated carbocycles. The zero-order valence-electron chi connectivity index (χ0n) is 10.5. The van der Waals surface area contributed by atoms with Crippen LogP contribution in [0, 0.1) is 0 Å². The number of carbonyl (C=O) groups is 1. The van der Waals surface area contributed by atoms with Crippen LogP contribution in [0.2, 0.25) is 5.02 Å². The highest BCUT2D eigenvalue weighted by molar-refractivity contribution is 7.46. The molecule has 2 atom stereocenters. The summed E-state index contributed by atoms with van der Waals surface area (Å²) in [6, 6.07) is 6.68. The third-order valence-corrected chi connectivity index (χ3v) is 4.25. The van der Waals surface area contributed by atoms with Crippen molar-refractivity contribution in [1.29, 1.82) is 0 Å². The van der Waals surface area contributed by atoms with Gasteiger partial charge in [-0.05, 0) is 30.9 Å². The lowest BCUT2D eigenvalue weighted by Crippen LogP contribution is -2.53. The summed E-state index contributed by atoms with van der Waals surface area (Å²) in [5.41, 5.74) is 5.24. The van der Waals surface area contributed by atoms with Gasteiger partial charge in [-0.25, -0.2) is 4.57 Å². The fraction of sp³-hybridized carbons (Fsp3) is 0.417. The summed E-state index contributed by atoms with van der Waals surface area (Å²) in [6.45, 7) is 0. The number of hydrogen-bond donors (Lipinski definition) is 3. The van der Waals surface area contributed by atoms with E-state index in [-0.39, 0.29) is 6.42 Å². The topological polar surface area (TPSA) is 110 Å². The molecule has 0 unspecified atom stereocenters. The first-order valence-corrected chi connectivity index (χ1v) is 7.97. The van der Waals surface area contributed by atoms with Crippen LogP contribution in [0.3, 0.4) is 0 Å². The normalized spacial score (nSPS) is 27.6. The minimum absolute atomic E-state index is 0.230. The van der Waals surface area contributed by atoms with Crippen LogP contribution in [-0.2, 0) is 19.4 Å². The molecule has 0 heterocycles. The van der Waals surface area contributed by atoms with Gasteiger partial charge in [0.25, 0.3) is 0 Å². The van der Waals surface area contributed by atoms with Gasteiger partial charge in [-0.1, -0.05) is 29.8 Å². The number of phosphoric ester groups is 1. The van der Waals surface area contributed by atoms with Crippen molar-refractivity contribution >= 4 is 25.2 Å². The molecule has 1 aliphatic carbocycles. The van der Waals surface area contributed by atoms with E-state index in [2.05, 4.69) is 4.52 Å². The highest BCUT2D eigenvalue weighted by Crippen LogP contribution is 2.43. The predicted molar refractivity (Wildman–Crippen MR) is 73.1 cm³/mol.